The van der Waals surface area contributed by atoms with Crippen molar-refractivity contribution in [3.05, 3.63) is 82.3 Å². The molecule has 1 aliphatic heterocycles. The van der Waals surface area contributed by atoms with Gasteiger partial charge < -0.3 is 18.0 Å². The molecule has 1 rings (SSSR count). The molecular formula is C46H81N3O6Si3. The van der Waals surface area contributed by atoms with Gasteiger partial charge in [0, 0.05) is 23.3 Å². The molecule has 0 unspecified atom stereocenters. The van der Waals surface area contributed by atoms with Crippen LogP contribution >= 0.6 is 0 Å². The van der Waals surface area contributed by atoms with Gasteiger partial charge in [-0.2, -0.15) is 0 Å². The Labute approximate surface area is 356 Å². The van der Waals surface area contributed by atoms with E-state index in [0.29, 0.717) is 29.5 Å². The van der Waals surface area contributed by atoms with Crippen molar-refractivity contribution in [2.24, 2.45) is 11.0 Å². The molecule has 58 heavy (non-hydrogen) atoms. The van der Waals surface area contributed by atoms with Crippen molar-refractivity contribution in [2.45, 2.75) is 200 Å². The van der Waals surface area contributed by atoms with Gasteiger partial charge >= 0.3 is 5.97 Å². The molecule has 1 amide bonds. The van der Waals surface area contributed by atoms with Gasteiger partial charge in [0.1, 0.15) is 6.10 Å². The molecule has 1 aliphatic rings. The number of hydrogen-bond donors (Lipinski definition) is 0. The molecule has 0 fully saturated rings. The van der Waals surface area contributed by atoms with E-state index in [1.165, 1.54) is 6.08 Å². The van der Waals surface area contributed by atoms with Crippen LogP contribution in [0.25, 0.3) is 10.4 Å². The molecule has 0 radical (unpaired) electrons. The minimum absolute atomic E-state index is 0.0440. The van der Waals surface area contributed by atoms with Crippen LogP contribution in [-0.4, -0.2) is 61.2 Å². The van der Waals surface area contributed by atoms with Gasteiger partial charge in [-0.25, -0.2) is 4.79 Å². The summed E-state index contributed by atoms with van der Waals surface area (Å²) in [4.78, 5) is 27.5. The van der Waals surface area contributed by atoms with E-state index < -0.39 is 37.0 Å². The van der Waals surface area contributed by atoms with E-state index in [-0.39, 0.29) is 35.2 Å². The van der Waals surface area contributed by atoms with Crippen LogP contribution in [0.3, 0.4) is 0 Å². The first kappa shape index (κ1) is 53.4. The quantitative estimate of drug-likeness (QED) is 0.0266. The first-order valence-corrected chi connectivity index (χ1v) is 30.1. The van der Waals surface area contributed by atoms with Gasteiger partial charge in [0.15, 0.2) is 16.6 Å². The van der Waals surface area contributed by atoms with Gasteiger partial charge in [0.25, 0.3) is 0 Å². The number of carbonyl (C=O) groups excluding carboxylic acids is 2. The summed E-state index contributed by atoms with van der Waals surface area (Å²) >= 11 is 0. The smallest absolute Gasteiger partial charge is 0.330 e. The average molecular weight is 856 g/mol. The van der Waals surface area contributed by atoms with E-state index in [4.69, 9.17) is 23.5 Å². The zero-order valence-corrected chi connectivity index (χ0v) is 42.4. The summed E-state index contributed by atoms with van der Waals surface area (Å²) in [6.45, 7) is 38.2. The zero-order chi connectivity index (χ0) is 44.5. The Balaban J connectivity index is 3.82. The zero-order valence-electron chi connectivity index (χ0n) is 39.4. The van der Waals surface area contributed by atoms with Gasteiger partial charge in [-0.1, -0.05) is 129 Å². The predicted molar refractivity (Wildman–Crippen MR) is 251 cm³/mol. The van der Waals surface area contributed by atoms with Crippen LogP contribution < -0.4 is 0 Å². The second-order valence-electron chi connectivity index (χ2n) is 19.6. The number of hydrogen-bond acceptors (Lipinski definition) is 6. The van der Waals surface area contributed by atoms with Crippen LogP contribution in [0.5, 0.6) is 0 Å². The molecule has 0 saturated heterocycles. The second kappa shape index (κ2) is 24.6. The molecule has 1 heterocycles. The van der Waals surface area contributed by atoms with Crippen molar-refractivity contribution in [1.29, 1.82) is 0 Å². The molecule has 5 atom stereocenters. The van der Waals surface area contributed by atoms with Crippen molar-refractivity contribution in [3.63, 3.8) is 0 Å². The van der Waals surface area contributed by atoms with Crippen molar-refractivity contribution >= 4 is 36.8 Å². The molecule has 0 aliphatic carbocycles. The highest BCUT2D eigenvalue weighted by molar-refractivity contribution is 6.77. The number of cyclic esters (lactones) is 1. The lowest BCUT2D eigenvalue weighted by Crippen LogP contribution is -2.53. The number of nitrogens with zero attached hydrogens (tertiary/aromatic N) is 3. The SMILES string of the molecule is CC(C=CC(=O)N=[N+]=[N-])=C[C@@H](C)[C@H]1CC(C)=CC=CCC[C@@H](O[Si](C)(C)C)[C@H](O[Si](C(C)C)(C(C)C)C(C)C)C=C[C@H](O[Si](C)(C)C(C)(C)C)CCCC=CC(=O)O1. The third-order valence-corrected chi connectivity index (χ3v) is 23.1. The van der Waals surface area contributed by atoms with Crippen molar-refractivity contribution in [1.82, 2.24) is 0 Å². The first-order valence-electron chi connectivity index (χ1n) is 21.6. The molecule has 0 spiro atoms. The Morgan fingerprint density at radius 2 is 1.53 bits per heavy atom. The van der Waals surface area contributed by atoms with Crippen LogP contribution in [0, 0.1) is 5.92 Å². The highest BCUT2D eigenvalue weighted by Crippen LogP contribution is 2.44. The van der Waals surface area contributed by atoms with Crippen LogP contribution in [0.4, 0.5) is 0 Å². The maximum Gasteiger partial charge on any atom is 0.330 e. The number of ether oxygens (including phenoxy) is 1. The lowest BCUT2D eigenvalue weighted by molar-refractivity contribution is -0.144. The Kier molecular flexibility index (Phi) is 22.7. The Hall–Kier alpha value is -2.58. The van der Waals surface area contributed by atoms with E-state index in [1.807, 2.05) is 26.0 Å². The molecule has 0 aromatic carbocycles. The summed E-state index contributed by atoms with van der Waals surface area (Å²) < 4.78 is 27.9. The van der Waals surface area contributed by atoms with Crippen LogP contribution in [0.15, 0.2) is 77.0 Å². The fourth-order valence-corrected chi connectivity index (χ4v) is 15.6. The lowest BCUT2D eigenvalue weighted by atomic mass is 9.95. The van der Waals surface area contributed by atoms with Gasteiger partial charge in [-0.05, 0) is 117 Å². The molecule has 0 N–H and O–H groups in total. The second-order valence-corrected chi connectivity index (χ2v) is 34.3. The molecule has 328 valence electrons. The lowest BCUT2D eigenvalue weighted by Gasteiger charge is -2.46. The molecule has 0 aromatic rings. The van der Waals surface area contributed by atoms with E-state index in [0.717, 1.165) is 36.8 Å². The Morgan fingerprint density at radius 3 is 2.09 bits per heavy atom. The van der Waals surface area contributed by atoms with Crippen LogP contribution in [0.2, 0.25) is 54.4 Å². The van der Waals surface area contributed by atoms with E-state index in [1.54, 1.807) is 12.2 Å². The van der Waals surface area contributed by atoms with Gasteiger partial charge in [-0.3, -0.25) is 4.79 Å². The number of esters is 1. The minimum atomic E-state index is -2.30. The van der Waals surface area contributed by atoms with Gasteiger partial charge in [-0.15, -0.1) is 0 Å². The fourth-order valence-electron chi connectivity index (χ4n) is 7.58. The van der Waals surface area contributed by atoms with Crippen molar-refractivity contribution in [3.8, 4) is 0 Å². The highest BCUT2D eigenvalue weighted by atomic mass is 28.4. The largest absolute Gasteiger partial charge is 0.458 e. The summed E-state index contributed by atoms with van der Waals surface area (Å²) in [7, 11) is -6.42. The van der Waals surface area contributed by atoms with E-state index in [9.17, 15) is 9.59 Å². The maximum absolute atomic E-state index is 13.2. The molecule has 9 nitrogen and oxygen atoms in total. The molecule has 0 aromatic heterocycles. The normalized spacial score (nSPS) is 22.6. The summed E-state index contributed by atoms with van der Waals surface area (Å²) in [6.07, 6.45) is 22.9. The fraction of sp³-hybridized carbons (Fsp3) is 0.696. The standard InChI is InChI=1S/C46H81N3O6Si3/c1-34(2)58(35(3)4,36(5)6)55-42-30-29-40(53-57(16,17)46(10,11)12)25-21-19-23-27-45(51)52-43(39(9)32-38(8)28-31-44(50)48-49-47)33-37(7)24-20-18-22-26-41(42)54-56(13,14)15/h18,20,23-24,27-32,34-36,39-43H,19,21-22,25-26,33H2,1-17H3/t39-,40-,41-,42-,43-/m1/s1. The highest BCUT2D eigenvalue weighted by Gasteiger charge is 2.48. The third-order valence-electron chi connectivity index (χ3n) is 11.5. The third kappa shape index (κ3) is 18.8. The molecular weight excluding hydrogens is 775 g/mol. The summed E-state index contributed by atoms with van der Waals surface area (Å²) in [5.74, 6) is -1.21. The van der Waals surface area contributed by atoms with E-state index >= 15 is 0 Å². The average Bonchev–Trinajstić information content (AvgIpc) is 3.07. The van der Waals surface area contributed by atoms with Gasteiger partial charge in [0.2, 0.25) is 14.2 Å². The number of carbonyl (C=O) groups is 2. The Bertz CT molecular complexity index is 1520. The number of allylic oxidation sites excluding steroid dienone is 6. The van der Waals surface area contributed by atoms with Crippen LogP contribution in [0.1, 0.15) is 122 Å². The molecule has 0 saturated carbocycles. The van der Waals surface area contributed by atoms with Gasteiger partial charge in [0.05, 0.1) is 18.3 Å². The topological polar surface area (TPSA) is 120 Å². The van der Waals surface area contributed by atoms with Crippen LogP contribution in [-0.2, 0) is 27.6 Å². The monoisotopic (exact) mass is 856 g/mol. The molecule has 12 heteroatoms. The maximum atomic E-state index is 13.2. The summed E-state index contributed by atoms with van der Waals surface area (Å²) in [6, 6.07) is 0. The summed E-state index contributed by atoms with van der Waals surface area (Å²) in [5, 5.41) is 3.14. The minimum Gasteiger partial charge on any atom is -0.458 e. The Morgan fingerprint density at radius 1 is 0.914 bits per heavy atom. The van der Waals surface area contributed by atoms with E-state index in [2.05, 4.69) is 142 Å². The molecule has 0 bridgehead atoms. The number of azide groups is 1. The van der Waals surface area contributed by atoms with Crippen molar-refractivity contribution in [2.75, 3.05) is 0 Å². The summed E-state index contributed by atoms with van der Waals surface area (Å²) in [5.41, 5.74) is 11.7. The first-order chi connectivity index (χ1) is 26.7. The predicted octanol–water partition coefficient (Wildman–Crippen LogP) is 14.0. The van der Waals surface area contributed by atoms with Crippen molar-refractivity contribution < 1.29 is 27.6 Å². The number of amides is 1. The number of rotatable bonds is 13.